The highest BCUT2D eigenvalue weighted by Crippen LogP contribution is 2.47. The molecular weight excluding hydrogens is 220 g/mol. The number of aryl methyl sites for hydroxylation is 1. The van der Waals surface area contributed by atoms with E-state index in [1.807, 2.05) is 13.8 Å². The summed E-state index contributed by atoms with van der Waals surface area (Å²) in [7, 11) is 0. The van der Waals surface area contributed by atoms with E-state index in [2.05, 4.69) is 43.0 Å². The highest BCUT2D eigenvalue weighted by atomic mass is 15.2. The molecule has 0 spiro atoms. The molecule has 1 aromatic rings. The molecule has 2 aliphatic rings. The first-order valence-corrected chi connectivity index (χ1v) is 7.35. The molecule has 2 heteroatoms. The summed E-state index contributed by atoms with van der Waals surface area (Å²) in [6.45, 7) is 13.5. The van der Waals surface area contributed by atoms with Gasteiger partial charge in [-0.3, -0.25) is 4.98 Å². The minimum absolute atomic E-state index is 0.294. The van der Waals surface area contributed by atoms with E-state index < -0.39 is 0 Å². The minimum Gasteiger partial charge on any atom is -0.370 e. The smallest absolute Gasteiger partial charge is 0.0469 e. The number of aromatic nitrogens is 1. The van der Waals surface area contributed by atoms with E-state index in [1.165, 1.54) is 42.7 Å². The fourth-order valence-corrected chi connectivity index (χ4v) is 3.18. The molecule has 2 aliphatic heterocycles. The lowest BCUT2D eigenvalue weighted by molar-refractivity contribution is 0.358. The number of rotatable bonds is 1. The topological polar surface area (TPSA) is 16.1 Å². The molecule has 0 aliphatic carbocycles. The number of hydrogen-bond acceptors (Lipinski definition) is 2. The zero-order chi connectivity index (χ0) is 13.3. The second kappa shape index (κ2) is 4.91. The van der Waals surface area contributed by atoms with Crippen molar-refractivity contribution in [1.82, 2.24) is 4.98 Å². The van der Waals surface area contributed by atoms with Crippen LogP contribution in [0.4, 0.5) is 5.69 Å². The van der Waals surface area contributed by atoms with Crippen LogP contribution in [0.15, 0.2) is 12.4 Å². The van der Waals surface area contributed by atoms with Crippen molar-refractivity contribution < 1.29 is 0 Å². The largest absolute Gasteiger partial charge is 0.370 e. The fraction of sp³-hybridized carbons (Fsp3) is 0.688. The number of hydrogen-bond donors (Lipinski definition) is 0. The average Bonchev–Trinajstić information content (AvgIpc) is 2.69. The predicted octanol–water partition coefficient (Wildman–Crippen LogP) is 3.79. The summed E-state index contributed by atoms with van der Waals surface area (Å²) in [5.74, 6) is 0.673. The zero-order valence-corrected chi connectivity index (χ0v) is 12.5. The summed E-state index contributed by atoms with van der Waals surface area (Å²) < 4.78 is 0. The Hall–Kier alpha value is -1.05. The second-order valence-electron chi connectivity index (χ2n) is 5.79. The van der Waals surface area contributed by atoms with Crippen molar-refractivity contribution in [1.29, 1.82) is 0 Å². The van der Waals surface area contributed by atoms with Crippen LogP contribution in [0, 0.1) is 5.92 Å². The molecule has 2 nitrogen and oxygen atoms in total. The molecule has 18 heavy (non-hydrogen) atoms. The van der Waals surface area contributed by atoms with Crippen molar-refractivity contribution in [2.45, 2.75) is 52.9 Å². The van der Waals surface area contributed by atoms with Gasteiger partial charge in [-0.1, -0.05) is 34.6 Å². The highest BCUT2D eigenvalue weighted by molar-refractivity contribution is 5.67. The van der Waals surface area contributed by atoms with Gasteiger partial charge in [0.05, 0.1) is 0 Å². The van der Waals surface area contributed by atoms with Gasteiger partial charge >= 0.3 is 0 Å². The van der Waals surface area contributed by atoms with Crippen LogP contribution >= 0.6 is 0 Å². The molecule has 0 saturated carbocycles. The maximum absolute atomic E-state index is 4.45. The first-order valence-electron chi connectivity index (χ1n) is 7.35. The van der Waals surface area contributed by atoms with Gasteiger partial charge in [0.1, 0.15) is 0 Å². The van der Waals surface area contributed by atoms with Gasteiger partial charge in [0.2, 0.25) is 0 Å². The van der Waals surface area contributed by atoms with Crippen molar-refractivity contribution in [2.75, 3.05) is 18.0 Å². The van der Waals surface area contributed by atoms with E-state index in [9.17, 15) is 0 Å². The molecule has 0 amide bonds. The third kappa shape index (κ3) is 1.82. The molecule has 0 fully saturated rings. The first kappa shape index (κ1) is 13.4. The Balaban J connectivity index is 0.000000574. The monoisotopic (exact) mass is 246 g/mol. The normalized spacial score (nSPS) is 24.7. The molecule has 0 N–H and O–H groups in total. The first-order chi connectivity index (χ1) is 8.63. The summed E-state index contributed by atoms with van der Waals surface area (Å²) in [5.41, 5.74) is 4.76. The van der Waals surface area contributed by atoms with Gasteiger partial charge in [0.15, 0.2) is 0 Å². The summed E-state index contributed by atoms with van der Waals surface area (Å²) in [4.78, 5) is 7.03. The van der Waals surface area contributed by atoms with Crippen LogP contribution in [0.25, 0.3) is 0 Å². The minimum atomic E-state index is 0.294. The second-order valence-corrected chi connectivity index (χ2v) is 5.79. The van der Waals surface area contributed by atoms with Crippen LogP contribution in [0.1, 0.15) is 52.2 Å². The lowest BCUT2D eigenvalue weighted by atomic mass is 9.75. The summed E-state index contributed by atoms with van der Waals surface area (Å²) >= 11 is 0. The Morgan fingerprint density at radius 2 is 2.00 bits per heavy atom. The molecule has 1 unspecified atom stereocenters. The molecule has 0 bridgehead atoms. The quantitative estimate of drug-likeness (QED) is 0.749. The lowest BCUT2D eigenvalue weighted by Crippen LogP contribution is -2.36. The van der Waals surface area contributed by atoms with E-state index in [0.717, 1.165) is 0 Å². The molecule has 0 saturated heterocycles. The van der Waals surface area contributed by atoms with Crippen LogP contribution in [0.2, 0.25) is 0 Å². The molecule has 3 heterocycles. The predicted molar refractivity (Wildman–Crippen MR) is 78.3 cm³/mol. The van der Waals surface area contributed by atoms with E-state index in [0.29, 0.717) is 11.3 Å². The summed E-state index contributed by atoms with van der Waals surface area (Å²) in [6, 6.07) is 0. The molecular formula is C16H26N2. The molecule has 0 radical (unpaired) electrons. The van der Waals surface area contributed by atoms with Crippen LogP contribution < -0.4 is 4.90 Å². The van der Waals surface area contributed by atoms with E-state index in [-0.39, 0.29) is 0 Å². The standard InChI is InChI=1S/C14H20N2.C2H6/c1-10(2)14(3)9-16-6-4-5-11-7-15-8-12(14)13(11)16;1-2/h7-8,10H,4-6,9H2,1-3H3;1-2H3. The van der Waals surface area contributed by atoms with Gasteiger partial charge in [-0.25, -0.2) is 0 Å². The van der Waals surface area contributed by atoms with E-state index >= 15 is 0 Å². The average molecular weight is 246 g/mol. The van der Waals surface area contributed by atoms with E-state index in [4.69, 9.17) is 0 Å². The summed E-state index contributed by atoms with van der Waals surface area (Å²) in [5, 5.41) is 0. The van der Waals surface area contributed by atoms with Crippen LogP contribution in [0.5, 0.6) is 0 Å². The van der Waals surface area contributed by atoms with E-state index in [1.54, 1.807) is 0 Å². The number of nitrogens with zero attached hydrogens (tertiary/aromatic N) is 2. The maximum Gasteiger partial charge on any atom is 0.0469 e. The van der Waals surface area contributed by atoms with Crippen molar-refractivity contribution in [3.8, 4) is 0 Å². The molecule has 100 valence electrons. The SMILES string of the molecule is CC.CC(C)C1(C)CN2CCCc3cncc1c32. The van der Waals surface area contributed by atoms with Gasteiger partial charge in [-0.15, -0.1) is 0 Å². The highest BCUT2D eigenvalue weighted by Gasteiger charge is 2.43. The molecule has 1 atom stereocenters. The van der Waals surface area contributed by atoms with Gasteiger partial charge in [0, 0.05) is 42.1 Å². The van der Waals surface area contributed by atoms with Crippen LogP contribution in [0.3, 0.4) is 0 Å². The van der Waals surface area contributed by atoms with Gasteiger partial charge in [-0.05, 0) is 24.3 Å². The Morgan fingerprint density at radius 1 is 1.28 bits per heavy atom. The van der Waals surface area contributed by atoms with Crippen molar-refractivity contribution >= 4 is 5.69 Å². The third-order valence-corrected chi connectivity index (χ3v) is 4.59. The van der Waals surface area contributed by atoms with Crippen LogP contribution in [-0.4, -0.2) is 18.1 Å². The van der Waals surface area contributed by atoms with Crippen LogP contribution in [-0.2, 0) is 11.8 Å². The van der Waals surface area contributed by atoms with Crippen molar-refractivity contribution in [3.05, 3.63) is 23.5 Å². The Bertz CT molecular complexity index is 425. The maximum atomic E-state index is 4.45. The van der Waals surface area contributed by atoms with Gasteiger partial charge in [0.25, 0.3) is 0 Å². The Kier molecular flexibility index (Phi) is 3.65. The number of anilines is 1. The Labute approximate surface area is 111 Å². The summed E-state index contributed by atoms with van der Waals surface area (Å²) in [6.07, 6.45) is 6.66. The molecule has 3 rings (SSSR count). The molecule has 0 aromatic carbocycles. The van der Waals surface area contributed by atoms with Crippen molar-refractivity contribution in [2.24, 2.45) is 5.92 Å². The van der Waals surface area contributed by atoms with Gasteiger partial charge < -0.3 is 4.90 Å². The fourth-order valence-electron chi connectivity index (χ4n) is 3.18. The number of pyridine rings is 1. The lowest BCUT2D eigenvalue weighted by Gasteiger charge is -2.30. The molecule has 1 aromatic heterocycles. The Morgan fingerprint density at radius 3 is 2.67 bits per heavy atom. The third-order valence-electron chi connectivity index (χ3n) is 4.59. The van der Waals surface area contributed by atoms with Crippen molar-refractivity contribution in [3.63, 3.8) is 0 Å². The zero-order valence-electron chi connectivity index (χ0n) is 12.5. The van der Waals surface area contributed by atoms with Gasteiger partial charge in [-0.2, -0.15) is 0 Å².